The Kier molecular flexibility index (Phi) is 10.3. The van der Waals surface area contributed by atoms with Gasteiger partial charge in [-0.3, -0.25) is 9.59 Å². The first-order valence-electron chi connectivity index (χ1n) is 14.3. The molecule has 3 aromatic carbocycles. The molecule has 0 saturated heterocycles. The van der Waals surface area contributed by atoms with Crippen molar-refractivity contribution in [1.29, 1.82) is 0 Å². The van der Waals surface area contributed by atoms with E-state index in [-0.39, 0.29) is 36.4 Å². The smallest absolute Gasteiger partial charge is 0.261 e. The molecule has 0 bridgehead atoms. The van der Waals surface area contributed by atoms with Crippen molar-refractivity contribution in [3.05, 3.63) is 101 Å². The fourth-order valence-electron chi connectivity index (χ4n) is 5.16. The van der Waals surface area contributed by atoms with Crippen LogP contribution >= 0.6 is 11.6 Å². The summed E-state index contributed by atoms with van der Waals surface area (Å²) in [5, 5.41) is 3.89. The van der Waals surface area contributed by atoms with E-state index in [1.165, 1.54) is 12.0 Å². The van der Waals surface area contributed by atoms with Crippen molar-refractivity contribution in [2.24, 2.45) is 0 Å². The van der Waals surface area contributed by atoms with Gasteiger partial charge >= 0.3 is 0 Å². The van der Waals surface area contributed by atoms with Crippen LogP contribution in [0.4, 0.5) is 0 Å². The van der Waals surface area contributed by atoms with Crippen LogP contribution in [0.25, 0.3) is 0 Å². The van der Waals surface area contributed by atoms with Crippen LogP contribution in [-0.2, 0) is 28.0 Å². The number of amides is 2. The van der Waals surface area contributed by atoms with Gasteiger partial charge in [0.2, 0.25) is 5.91 Å². The molecule has 1 unspecified atom stereocenters. The van der Waals surface area contributed by atoms with Gasteiger partial charge in [-0.25, -0.2) is 0 Å². The summed E-state index contributed by atoms with van der Waals surface area (Å²) in [6.07, 6.45) is 5.80. The summed E-state index contributed by atoms with van der Waals surface area (Å²) in [4.78, 5) is 29.3. The number of rotatable bonds is 10. The fraction of sp³-hybridized carbons (Fsp3) is 0.412. The first-order valence-corrected chi connectivity index (χ1v) is 14.7. The molecular formula is C34H41ClN2O3. The van der Waals surface area contributed by atoms with Gasteiger partial charge in [0.15, 0.2) is 6.61 Å². The maximum Gasteiger partial charge on any atom is 0.261 e. The third-order valence-corrected chi connectivity index (χ3v) is 7.82. The number of carbonyl (C=O) groups is 2. The van der Waals surface area contributed by atoms with E-state index in [2.05, 4.69) is 26.1 Å². The molecule has 40 heavy (non-hydrogen) atoms. The molecule has 1 saturated carbocycles. The zero-order valence-corrected chi connectivity index (χ0v) is 24.6. The van der Waals surface area contributed by atoms with Crippen LogP contribution in [0.5, 0.6) is 5.75 Å². The molecule has 3 aromatic rings. The lowest BCUT2D eigenvalue weighted by Crippen LogP contribution is -2.53. The maximum atomic E-state index is 13.8. The van der Waals surface area contributed by atoms with Crippen molar-refractivity contribution in [2.45, 2.75) is 83.3 Å². The maximum absolute atomic E-state index is 13.8. The second-order valence-electron chi connectivity index (χ2n) is 11.8. The molecule has 0 radical (unpaired) electrons. The molecule has 1 fully saturated rings. The summed E-state index contributed by atoms with van der Waals surface area (Å²) >= 11 is 6.13. The van der Waals surface area contributed by atoms with Crippen molar-refractivity contribution in [3.63, 3.8) is 0 Å². The van der Waals surface area contributed by atoms with E-state index in [9.17, 15) is 9.59 Å². The summed E-state index contributed by atoms with van der Waals surface area (Å²) in [6, 6.07) is 24.6. The average Bonchev–Trinajstić information content (AvgIpc) is 2.95. The molecule has 0 heterocycles. The highest BCUT2D eigenvalue weighted by Crippen LogP contribution is 2.25. The van der Waals surface area contributed by atoms with Gasteiger partial charge in [-0.15, -0.1) is 0 Å². The predicted molar refractivity (Wildman–Crippen MR) is 162 cm³/mol. The van der Waals surface area contributed by atoms with E-state index in [0.29, 0.717) is 17.2 Å². The van der Waals surface area contributed by atoms with Crippen molar-refractivity contribution in [2.75, 3.05) is 6.61 Å². The lowest BCUT2D eigenvalue weighted by atomic mass is 9.87. The van der Waals surface area contributed by atoms with Crippen LogP contribution in [-0.4, -0.2) is 35.4 Å². The molecule has 2 amide bonds. The minimum Gasteiger partial charge on any atom is -0.484 e. The minimum atomic E-state index is -0.681. The molecule has 4 rings (SSSR count). The van der Waals surface area contributed by atoms with Crippen LogP contribution in [0.15, 0.2) is 78.9 Å². The first kappa shape index (κ1) is 29.7. The summed E-state index contributed by atoms with van der Waals surface area (Å²) in [6.45, 7) is 6.59. The highest BCUT2D eigenvalue weighted by molar-refractivity contribution is 6.30. The van der Waals surface area contributed by atoms with Gasteiger partial charge in [-0.1, -0.05) is 106 Å². The van der Waals surface area contributed by atoms with Gasteiger partial charge in [0.25, 0.3) is 5.91 Å². The van der Waals surface area contributed by atoms with Gasteiger partial charge in [0.1, 0.15) is 11.8 Å². The largest absolute Gasteiger partial charge is 0.484 e. The van der Waals surface area contributed by atoms with E-state index >= 15 is 0 Å². The minimum absolute atomic E-state index is 0.0279. The molecular weight excluding hydrogens is 520 g/mol. The van der Waals surface area contributed by atoms with E-state index in [1.807, 2.05) is 66.7 Å². The second-order valence-corrected chi connectivity index (χ2v) is 12.2. The number of hydrogen-bond acceptors (Lipinski definition) is 3. The first-order chi connectivity index (χ1) is 19.2. The van der Waals surface area contributed by atoms with Crippen LogP contribution in [0, 0.1) is 0 Å². The Bertz CT molecular complexity index is 1230. The number of nitrogens with zero attached hydrogens (tertiary/aromatic N) is 1. The van der Waals surface area contributed by atoms with Crippen LogP contribution < -0.4 is 10.1 Å². The number of benzene rings is 3. The zero-order valence-electron chi connectivity index (χ0n) is 23.9. The van der Waals surface area contributed by atoms with E-state index < -0.39 is 6.04 Å². The highest BCUT2D eigenvalue weighted by atomic mass is 35.5. The Morgan fingerprint density at radius 3 is 2.17 bits per heavy atom. The number of hydrogen-bond donors (Lipinski definition) is 1. The Morgan fingerprint density at radius 1 is 0.900 bits per heavy atom. The quantitative estimate of drug-likeness (QED) is 0.287. The average molecular weight is 561 g/mol. The number of halogens is 1. The lowest BCUT2D eigenvalue weighted by Gasteiger charge is -2.33. The van der Waals surface area contributed by atoms with E-state index in [1.54, 1.807) is 17.0 Å². The van der Waals surface area contributed by atoms with Gasteiger partial charge < -0.3 is 15.0 Å². The third-order valence-electron chi connectivity index (χ3n) is 7.57. The molecule has 212 valence electrons. The standard InChI is InChI=1S/C34H41ClN2O3/c1-34(2,3)27-16-20-30(21-17-27)40-24-32(38)37(23-26-14-18-28(35)19-15-26)31(22-25-10-6-4-7-11-25)33(39)36-29-12-8-5-9-13-29/h4,6-7,10-11,14-21,29,31H,5,8-9,12-13,22-24H2,1-3H3,(H,36,39). The molecule has 5 nitrogen and oxygen atoms in total. The number of nitrogens with one attached hydrogen (secondary N) is 1. The van der Waals surface area contributed by atoms with Crippen molar-refractivity contribution in [1.82, 2.24) is 10.2 Å². The van der Waals surface area contributed by atoms with Gasteiger partial charge in [-0.05, 0) is 59.2 Å². The molecule has 0 spiro atoms. The Labute approximate surface area is 243 Å². The van der Waals surface area contributed by atoms with Gasteiger partial charge in [0, 0.05) is 24.0 Å². The van der Waals surface area contributed by atoms with Gasteiger partial charge in [-0.2, -0.15) is 0 Å². The molecule has 0 aliphatic heterocycles. The highest BCUT2D eigenvalue weighted by Gasteiger charge is 2.32. The van der Waals surface area contributed by atoms with E-state index in [0.717, 1.165) is 36.8 Å². The normalized spacial score (nSPS) is 14.8. The zero-order chi connectivity index (χ0) is 28.5. The summed E-state index contributed by atoms with van der Waals surface area (Å²) in [5.74, 6) is 0.265. The Morgan fingerprint density at radius 2 is 1.55 bits per heavy atom. The van der Waals surface area contributed by atoms with Gasteiger partial charge in [0.05, 0.1) is 0 Å². The van der Waals surface area contributed by atoms with Crippen molar-refractivity contribution < 1.29 is 14.3 Å². The summed E-state index contributed by atoms with van der Waals surface area (Å²) < 4.78 is 5.96. The predicted octanol–water partition coefficient (Wildman–Crippen LogP) is 7.11. The molecule has 1 N–H and O–H groups in total. The molecule has 1 aliphatic carbocycles. The number of ether oxygens (including phenoxy) is 1. The third kappa shape index (κ3) is 8.59. The summed E-state index contributed by atoms with van der Waals surface area (Å²) in [5.41, 5.74) is 3.12. The summed E-state index contributed by atoms with van der Waals surface area (Å²) in [7, 11) is 0. The topological polar surface area (TPSA) is 58.6 Å². The monoisotopic (exact) mass is 560 g/mol. The lowest BCUT2D eigenvalue weighted by molar-refractivity contribution is -0.143. The van der Waals surface area contributed by atoms with Crippen LogP contribution in [0.2, 0.25) is 5.02 Å². The van der Waals surface area contributed by atoms with Crippen molar-refractivity contribution >= 4 is 23.4 Å². The Hall–Kier alpha value is -3.31. The Balaban J connectivity index is 1.58. The fourth-order valence-corrected chi connectivity index (χ4v) is 5.29. The SMILES string of the molecule is CC(C)(C)c1ccc(OCC(=O)N(Cc2ccc(Cl)cc2)C(Cc2ccccc2)C(=O)NC2CCCCC2)cc1. The van der Waals surface area contributed by atoms with Crippen LogP contribution in [0.1, 0.15) is 69.6 Å². The van der Waals surface area contributed by atoms with E-state index in [4.69, 9.17) is 16.3 Å². The van der Waals surface area contributed by atoms with Crippen molar-refractivity contribution in [3.8, 4) is 5.75 Å². The number of carbonyl (C=O) groups excluding carboxylic acids is 2. The molecule has 1 aliphatic rings. The molecule has 6 heteroatoms. The second kappa shape index (κ2) is 13.8. The molecule has 1 atom stereocenters. The molecule has 0 aromatic heterocycles. The van der Waals surface area contributed by atoms with Crippen LogP contribution in [0.3, 0.4) is 0 Å².